The predicted molar refractivity (Wildman–Crippen MR) is 73.8 cm³/mol. The van der Waals surface area contributed by atoms with Gasteiger partial charge in [0.25, 0.3) is 0 Å². The molecule has 1 unspecified atom stereocenters. The molecule has 2 N–H and O–H groups in total. The Balaban J connectivity index is 1.62. The highest BCUT2D eigenvalue weighted by Gasteiger charge is 2.50. The summed E-state index contributed by atoms with van der Waals surface area (Å²) in [4.78, 5) is 0. The van der Waals surface area contributed by atoms with Crippen LogP contribution in [0.4, 0.5) is 8.78 Å². The summed E-state index contributed by atoms with van der Waals surface area (Å²) in [5.41, 5.74) is 7.22. The van der Waals surface area contributed by atoms with Gasteiger partial charge in [-0.2, -0.15) is 0 Å². The Morgan fingerprint density at radius 1 is 0.900 bits per heavy atom. The van der Waals surface area contributed by atoms with Crippen molar-refractivity contribution in [3.8, 4) is 0 Å². The van der Waals surface area contributed by atoms with E-state index >= 15 is 0 Å². The normalized spacial score (nSPS) is 40.0. The van der Waals surface area contributed by atoms with E-state index in [-0.39, 0.29) is 6.04 Å². The van der Waals surface area contributed by atoms with Crippen LogP contribution in [0.5, 0.6) is 0 Å². The molecule has 4 saturated carbocycles. The zero-order chi connectivity index (χ0) is 13.9. The molecule has 108 valence electrons. The van der Waals surface area contributed by atoms with Crippen LogP contribution >= 0.6 is 0 Å². The van der Waals surface area contributed by atoms with Crippen LogP contribution in [0.2, 0.25) is 0 Å². The first-order valence-corrected chi connectivity index (χ1v) is 7.82. The van der Waals surface area contributed by atoms with E-state index in [9.17, 15) is 8.78 Å². The van der Waals surface area contributed by atoms with Crippen LogP contribution in [0, 0.1) is 41.2 Å². The van der Waals surface area contributed by atoms with Crippen LogP contribution in [0.3, 0.4) is 0 Å². The molecule has 0 amide bonds. The number of benzene rings is 1. The molecule has 0 radical (unpaired) electrons. The zero-order valence-corrected chi connectivity index (χ0v) is 11.6. The first-order valence-electron chi connectivity index (χ1n) is 7.82. The third-order valence-corrected chi connectivity index (χ3v) is 6.04. The van der Waals surface area contributed by atoms with Gasteiger partial charge in [-0.1, -0.05) is 6.07 Å². The van der Waals surface area contributed by atoms with Crippen LogP contribution in [0.1, 0.15) is 43.7 Å². The quantitative estimate of drug-likeness (QED) is 0.867. The summed E-state index contributed by atoms with van der Waals surface area (Å²) in [6, 6.07) is 4.03. The average Bonchev–Trinajstić information content (AvgIpc) is 2.40. The number of hydrogen-bond donors (Lipinski definition) is 1. The lowest BCUT2D eigenvalue weighted by atomic mass is 9.50. The van der Waals surface area contributed by atoms with E-state index in [0.29, 0.717) is 17.8 Å². The number of nitrogens with two attached hydrogens (primary N) is 1. The van der Waals surface area contributed by atoms with Gasteiger partial charge in [-0.05, 0) is 79.4 Å². The minimum atomic E-state index is -0.786. The lowest BCUT2D eigenvalue weighted by Gasteiger charge is -2.56. The minimum absolute atomic E-state index is 0.139. The van der Waals surface area contributed by atoms with Crippen LogP contribution in [-0.2, 0) is 0 Å². The predicted octanol–water partition coefficient (Wildman–Crippen LogP) is 4.04. The van der Waals surface area contributed by atoms with Crippen molar-refractivity contribution >= 4 is 0 Å². The fourth-order valence-corrected chi connectivity index (χ4v) is 5.50. The molecule has 1 nitrogen and oxygen atoms in total. The van der Waals surface area contributed by atoms with Gasteiger partial charge < -0.3 is 5.73 Å². The number of halogens is 2. The Bertz CT molecular complexity index is 500. The van der Waals surface area contributed by atoms with E-state index in [2.05, 4.69) is 0 Å². The van der Waals surface area contributed by atoms with E-state index in [1.54, 1.807) is 6.07 Å². The fourth-order valence-electron chi connectivity index (χ4n) is 5.50. The molecule has 0 saturated heterocycles. The van der Waals surface area contributed by atoms with Gasteiger partial charge in [0.2, 0.25) is 0 Å². The molecule has 0 spiro atoms. The second-order valence-corrected chi connectivity index (χ2v) is 7.21. The molecule has 4 bridgehead atoms. The molecule has 0 heterocycles. The first kappa shape index (κ1) is 12.8. The van der Waals surface area contributed by atoms with Gasteiger partial charge >= 0.3 is 0 Å². The SMILES string of the molecule is NC(c1ccc(F)c(F)c1)C1C2CC3CC(C2)CC1C3. The van der Waals surface area contributed by atoms with Gasteiger partial charge in [0.15, 0.2) is 11.6 Å². The summed E-state index contributed by atoms with van der Waals surface area (Å²) in [7, 11) is 0. The van der Waals surface area contributed by atoms with Crippen molar-refractivity contribution in [2.45, 2.75) is 38.1 Å². The topological polar surface area (TPSA) is 26.0 Å². The summed E-state index contributed by atoms with van der Waals surface area (Å²) in [6.45, 7) is 0. The molecular formula is C17H21F2N. The molecule has 3 heteroatoms. The van der Waals surface area contributed by atoms with E-state index in [0.717, 1.165) is 17.4 Å². The Hall–Kier alpha value is -0.960. The van der Waals surface area contributed by atoms with Gasteiger partial charge in [-0.15, -0.1) is 0 Å². The monoisotopic (exact) mass is 277 g/mol. The van der Waals surface area contributed by atoms with Crippen LogP contribution < -0.4 is 5.73 Å². The molecule has 0 aromatic heterocycles. The molecule has 20 heavy (non-hydrogen) atoms. The minimum Gasteiger partial charge on any atom is -0.324 e. The molecule has 1 atom stereocenters. The third-order valence-electron chi connectivity index (χ3n) is 6.04. The van der Waals surface area contributed by atoms with Crippen LogP contribution in [0.25, 0.3) is 0 Å². The summed E-state index contributed by atoms with van der Waals surface area (Å²) < 4.78 is 26.5. The van der Waals surface area contributed by atoms with Gasteiger partial charge in [-0.3, -0.25) is 0 Å². The molecule has 1 aromatic rings. The summed E-state index contributed by atoms with van der Waals surface area (Å²) in [6.07, 6.45) is 6.62. The standard InChI is InChI=1S/C17H21F2N/c18-14-2-1-11(8-15(14)19)17(20)16-12-4-9-3-10(6-12)7-13(16)5-9/h1-2,8-10,12-13,16-17H,3-7,20H2. The highest BCUT2D eigenvalue weighted by molar-refractivity contribution is 5.23. The van der Waals surface area contributed by atoms with Crippen LogP contribution in [-0.4, -0.2) is 0 Å². The van der Waals surface area contributed by atoms with Gasteiger partial charge in [-0.25, -0.2) is 8.78 Å². The summed E-state index contributed by atoms with van der Waals surface area (Å²) >= 11 is 0. The lowest BCUT2D eigenvalue weighted by molar-refractivity contribution is -0.0472. The summed E-state index contributed by atoms with van der Waals surface area (Å²) in [5.74, 6) is 2.13. The van der Waals surface area contributed by atoms with E-state index in [4.69, 9.17) is 5.73 Å². The molecule has 0 aliphatic heterocycles. The molecule has 1 aromatic carbocycles. The first-order chi connectivity index (χ1) is 9.61. The van der Waals surface area contributed by atoms with Crippen molar-refractivity contribution in [1.29, 1.82) is 0 Å². The maximum atomic E-state index is 13.4. The van der Waals surface area contributed by atoms with Gasteiger partial charge in [0.1, 0.15) is 0 Å². The van der Waals surface area contributed by atoms with Gasteiger partial charge in [0.05, 0.1) is 0 Å². The van der Waals surface area contributed by atoms with Crippen molar-refractivity contribution in [3.05, 3.63) is 35.4 Å². The van der Waals surface area contributed by atoms with Crippen molar-refractivity contribution in [1.82, 2.24) is 0 Å². The third kappa shape index (κ3) is 1.90. The fraction of sp³-hybridized carbons (Fsp3) is 0.647. The second-order valence-electron chi connectivity index (χ2n) is 7.21. The maximum Gasteiger partial charge on any atom is 0.159 e. The lowest BCUT2D eigenvalue weighted by Crippen LogP contribution is -2.48. The van der Waals surface area contributed by atoms with E-state index < -0.39 is 11.6 Å². The van der Waals surface area contributed by atoms with Gasteiger partial charge in [0, 0.05) is 6.04 Å². The smallest absolute Gasteiger partial charge is 0.159 e. The number of hydrogen-bond acceptors (Lipinski definition) is 1. The van der Waals surface area contributed by atoms with Crippen molar-refractivity contribution in [2.24, 2.45) is 35.3 Å². The van der Waals surface area contributed by atoms with Crippen molar-refractivity contribution in [2.75, 3.05) is 0 Å². The summed E-state index contributed by atoms with van der Waals surface area (Å²) in [5, 5.41) is 0. The molecule has 4 aliphatic rings. The van der Waals surface area contributed by atoms with Crippen molar-refractivity contribution < 1.29 is 8.78 Å². The van der Waals surface area contributed by atoms with E-state index in [1.807, 2.05) is 0 Å². The largest absolute Gasteiger partial charge is 0.324 e. The number of rotatable bonds is 2. The van der Waals surface area contributed by atoms with E-state index in [1.165, 1.54) is 44.2 Å². The Kier molecular flexibility index (Phi) is 2.88. The molecular weight excluding hydrogens is 256 g/mol. The highest BCUT2D eigenvalue weighted by Crippen LogP contribution is 2.58. The molecule has 4 fully saturated rings. The second kappa shape index (κ2) is 4.52. The molecule has 4 aliphatic carbocycles. The average molecular weight is 277 g/mol. The highest BCUT2D eigenvalue weighted by atomic mass is 19.2. The Morgan fingerprint density at radius 2 is 1.50 bits per heavy atom. The van der Waals surface area contributed by atoms with Crippen molar-refractivity contribution in [3.63, 3.8) is 0 Å². The van der Waals surface area contributed by atoms with Crippen LogP contribution in [0.15, 0.2) is 18.2 Å². The Morgan fingerprint density at radius 3 is 2.05 bits per heavy atom. The molecule has 5 rings (SSSR count). The maximum absolute atomic E-state index is 13.4. The zero-order valence-electron chi connectivity index (χ0n) is 11.6. The Labute approximate surface area is 118 Å².